The minimum Gasteiger partial charge on any atom is -0.481 e. The Hall–Kier alpha value is -3.51. The van der Waals surface area contributed by atoms with Crippen molar-refractivity contribution >= 4 is 17.2 Å². The number of nitrogens with one attached hydrogen (secondary N) is 1. The van der Waals surface area contributed by atoms with E-state index < -0.39 is 60.1 Å². The van der Waals surface area contributed by atoms with Crippen molar-refractivity contribution in [2.75, 3.05) is 5.32 Å². The lowest BCUT2D eigenvalue weighted by molar-refractivity contribution is -0.146. The van der Waals surface area contributed by atoms with Gasteiger partial charge in [-0.3, -0.25) is 4.79 Å². The molecule has 2 aromatic carbocycles. The number of hydrogen-bond donors (Lipinski definition) is 2. The summed E-state index contributed by atoms with van der Waals surface area (Å²) < 4.78 is 131. The average Bonchev–Trinajstić information content (AvgIpc) is 3.11. The summed E-state index contributed by atoms with van der Waals surface area (Å²) in [6.45, 7) is 3.83. The molecule has 0 saturated carbocycles. The van der Waals surface area contributed by atoms with Crippen LogP contribution in [0.25, 0.3) is 5.57 Å². The van der Waals surface area contributed by atoms with Gasteiger partial charge in [0.15, 0.2) is 0 Å². The maximum atomic E-state index is 14.1. The Kier molecular flexibility index (Phi) is 19.2. The maximum Gasteiger partial charge on any atom is 0.418 e. The molecule has 1 aliphatic carbocycles. The highest BCUT2D eigenvalue weighted by atomic mass is 19.4. The van der Waals surface area contributed by atoms with Gasteiger partial charge in [-0.05, 0) is 91.8 Å². The van der Waals surface area contributed by atoms with Gasteiger partial charge in [-0.25, -0.2) is 4.39 Å². The molecule has 0 radical (unpaired) electrons. The number of unbranched alkanes of at least 4 members (excludes halogenated alkanes) is 12. The molecule has 2 atom stereocenters. The highest BCUT2D eigenvalue weighted by Crippen LogP contribution is 2.50. The molecule has 326 valence electrons. The van der Waals surface area contributed by atoms with Gasteiger partial charge in [0.1, 0.15) is 5.82 Å². The average molecular weight is 836 g/mol. The topological polar surface area (TPSA) is 49.3 Å². The summed E-state index contributed by atoms with van der Waals surface area (Å²) in [4.78, 5) is 13.1. The van der Waals surface area contributed by atoms with E-state index in [1.807, 2.05) is 38.1 Å². The van der Waals surface area contributed by atoms with Crippen molar-refractivity contribution in [3.8, 4) is 0 Å². The number of allylic oxidation sites excluding steroid dienone is 3. The van der Waals surface area contributed by atoms with Gasteiger partial charge in [0.05, 0.1) is 17.2 Å². The lowest BCUT2D eigenvalue weighted by Crippen LogP contribution is -2.38. The quantitative estimate of drug-likeness (QED) is 0.0774. The molecule has 0 aromatic heterocycles. The first-order valence-corrected chi connectivity index (χ1v) is 20.7. The van der Waals surface area contributed by atoms with Crippen LogP contribution in [0.15, 0.2) is 60.3 Å². The molecule has 13 heteroatoms. The van der Waals surface area contributed by atoms with E-state index in [-0.39, 0.29) is 30.1 Å². The van der Waals surface area contributed by atoms with Crippen LogP contribution in [0.1, 0.15) is 153 Å². The van der Waals surface area contributed by atoms with E-state index in [0.717, 1.165) is 80.2 Å². The Balaban J connectivity index is 1.88. The predicted octanol–water partition coefficient (Wildman–Crippen LogP) is 15.7. The van der Waals surface area contributed by atoms with E-state index >= 15 is 0 Å². The summed E-state index contributed by atoms with van der Waals surface area (Å²) in [6, 6.07) is 10.1. The molecule has 0 bridgehead atoms. The number of anilines is 1. The van der Waals surface area contributed by atoms with Crippen LogP contribution < -0.4 is 5.32 Å². The summed E-state index contributed by atoms with van der Waals surface area (Å²) in [5.74, 6) is -3.00. The van der Waals surface area contributed by atoms with E-state index in [4.69, 9.17) is 0 Å². The Morgan fingerprint density at radius 2 is 1.29 bits per heavy atom. The molecular weight excluding hydrogens is 776 g/mol. The molecule has 2 aromatic rings. The molecule has 2 unspecified atom stereocenters. The third kappa shape index (κ3) is 17.8. The molecule has 0 fully saturated rings. The second kappa shape index (κ2) is 22.7. The van der Waals surface area contributed by atoms with Crippen LogP contribution in [0.5, 0.6) is 0 Å². The minimum absolute atomic E-state index is 0.0222. The minimum atomic E-state index is -4.88. The number of halogens is 10. The third-order valence-electron chi connectivity index (χ3n) is 10.9. The zero-order valence-corrected chi connectivity index (χ0v) is 33.6. The smallest absolute Gasteiger partial charge is 0.418 e. The van der Waals surface area contributed by atoms with Crippen LogP contribution in [0.3, 0.4) is 0 Å². The third-order valence-corrected chi connectivity index (χ3v) is 10.9. The number of carboxylic acid groups (broad SMARTS) is 1. The number of alkyl halides is 9. The SMILES string of the molecule is CC(C)CC(C(=O)O)C1(CCCCCCCCCC(F)(F)F)C=C(Nc2ccc(F)cc2C(F)(F)F)C=C(c2cccc(CCCCCCCCCC(F)(F)F)c2)C1. The summed E-state index contributed by atoms with van der Waals surface area (Å²) in [5, 5.41) is 13.6. The molecule has 0 aliphatic heterocycles. The summed E-state index contributed by atoms with van der Waals surface area (Å²) >= 11 is 0. The summed E-state index contributed by atoms with van der Waals surface area (Å²) in [5.41, 5.74) is 0.214. The van der Waals surface area contributed by atoms with E-state index in [1.165, 1.54) is 0 Å². The lowest BCUT2D eigenvalue weighted by atomic mass is 9.63. The van der Waals surface area contributed by atoms with E-state index in [0.29, 0.717) is 57.4 Å². The Morgan fingerprint density at radius 1 is 0.741 bits per heavy atom. The van der Waals surface area contributed by atoms with Crippen LogP contribution >= 0.6 is 0 Å². The number of aliphatic carboxylic acids is 1. The van der Waals surface area contributed by atoms with Crippen LogP contribution in [0, 0.1) is 23.1 Å². The Bertz CT molecular complexity index is 1630. The van der Waals surface area contributed by atoms with Gasteiger partial charge in [0, 0.05) is 24.0 Å². The fourth-order valence-corrected chi connectivity index (χ4v) is 8.01. The lowest BCUT2D eigenvalue weighted by Gasteiger charge is -2.41. The molecular formula is C45H59F10NO2. The monoisotopic (exact) mass is 835 g/mol. The predicted molar refractivity (Wildman–Crippen MR) is 209 cm³/mol. The van der Waals surface area contributed by atoms with E-state index in [1.54, 1.807) is 12.2 Å². The van der Waals surface area contributed by atoms with Crippen molar-refractivity contribution in [3.05, 3.63) is 82.8 Å². The summed E-state index contributed by atoms with van der Waals surface area (Å²) in [6.07, 6.45) is -0.708. The number of benzene rings is 2. The highest BCUT2D eigenvalue weighted by Gasteiger charge is 2.44. The second-order valence-corrected chi connectivity index (χ2v) is 16.4. The second-order valence-electron chi connectivity index (χ2n) is 16.4. The van der Waals surface area contributed by atoms with Gasteiger partial charge < -0.3 is 10.4 Å². The Morgan fingerprint density at radius 3 is 1.83 bits per heavy atom. The van der Waals surface area contributed by atoms with Crippen molar-refractivity contribution in [1.82, 2.24) is 0 Å². The first-order valence-electron chi connectivity index (χ1n) is 20.7. The largest absolute Gasteiger partial charge is 0.481 e. The first kappa shape index (κ1) is 48.9. The van der Waals surface area contributed by atoms with Crippen molar-refractivity contribution in [1.29, 1.82) is 0 Å². The van der Waals surface area contributed by atoms with Gasteiger partial charge in [-0.2, -0.15) is 39.5 Å². The number of hydrogen-bond acceptors (Lipinski definition) is 2. The zero-order valence-electron chi connectivity index (χ0n) is 33.6. The van der Waals surface area contributed by atoms with Gasteiger partial charge in [-0.15, -0.1) is 0 Å². The number of carboxylic acids is 1. The maximum absolute atomic E-state index is 14.1. The first-order chi connectivity index (χ1) is 27.2. The molecule has 0 saturated heterocycles. The van der Waals surface area contributed by atoms with Gasteiger partial charge >= 0.3 is 24.5 Å². The number of aryl methyl sites for hydroxylation is 1. The molecule has 0 amide bonds. The van der Waals surface area contributed by atoms with Crippen LogP contribution in [0.4, 0.5) is 49.6 Å². The van der Waals surface area contributed by atoms with Gasteiger partial charge in [-0.1, -0.05) is 115 Å². The standard InChI is InChI=1S/C45H59F10NO2/c1-32(2)26-39(41(57)58)42(23-14-10-6-4-8-12-16-25-44(50,51)52)30-35(28-37(31-42)56-40-22-21-36(46)29-38(40)45(53,54)55)34-20-17-19-33(27-34)18-13-9-5-3-7-11-15-24-43(47,48)49/h17,19-22,27-29,31-32,39,56H,3-16,18,23-26,30H2,1-2H3,(H,57,58). The van der Waals surface area contributed by atoms with Crippen LogP contribution in [-0.4, -0.2) is 23.4 Å². The van der Waals surface area contributed by atoms with Crippen molar-refractivity contribution in [2.24, 2.45) is 17.3 Å². The van der Waals surface area contributed by atoms with E-state index in [9.17, 15) is 53.8 Å². The molecule has 0 spiro atoms. The normalized spacial score (nSPS) is 17.0. The zero-order chi connectivity index (χ0) is 43.0. The fraction of sp³-hybridized carbons (Fsp3) is 0.622. The van der Waals surface area contributed by atoms with Crippen molar-refractivity contribution in [3.63, 3.8) is 0 Å². The van der Waals surface area contributed by atoms with E-state index in [2.05, 4.69) is 5.32 Å². The van der Waals surface area contributed by atoms with Crippen molar-refractivity contribution < 1.29 is 53.8 Å². The molecule has 0 heterocycles. The number of carbonyl (C=O) groups is 1. The highest BCUT2D eigenvalue weighted by molar-refractivity contribution is 5.77. The summed E-state index contributed by atoms with van der Waals surface area (Å²) in [7, 11) is 0. The molecule has 3 rings (SSSR count). The van der Waals surface area contributed by atoms with Gasteiger partial charge in [0.25, 0.3) is 0 Å². The molecule has 58 heavy (non-hydrogen) atoms. The van der Waals surface area contributed by atoms with Crippen LogP contribution in [-0.2, 0) is 17.4 Å². The van der Waals surface area contributed by atoms with Crippen LogP contribution in [0.2, 0.25) is 0 Å². The Labute approximate surface area is 336 Å². The van der Waals surface area contributed by atoms with Crippen molar-refractivity contribution in [2.45, 2.75) is 161 Å². The fourth-order valence-electron chi connectivity index (χ4n) is 8.01. The van der Waals surface area contributed by atoms with Gasteiger partial charge in [0.2, 0.25) is 0 Å². The molecule has 3 nitrogen and oxygen atoms in total. The number of rotatable bonds is 25. The molecule has 1 aliphatic rings. The molecule has 2 N–H and O–H groups in total.